The van der Waals surface area contributed by atoms with Gasteiger partial charge in [0.05, 0.1) is 0 Å². The van der Waals surface area contributed by atoms with Crippen LogP contribution in [0.15, 0.2) is 24.5 Å². The van der Waals surface area contributed by atoms with Gasteiger partial charge in [0.2, 0.25) is 0 Å². The lowest BCUT2D eigenvalue weighted by atomic mass is 9.65. The van der Waals surface area contributed by atoms with Crippen LogP contribution in [0.2, 0.25) is 0 Å². The van der Waals surface area contributed by atoms with E-state index >= 15 is 0 Å². The van der Waals surface area contributed by atoms with Gasteiger partial charge in [-0.15, -0.1) is 0 Å². The average molecular weight is 312 g/mol. The van der Waals surface area contributed by atoms with Gasteiger partial charge in [0.1, 0.15) is 5.78 Å². The van der Waals surface area contributed by atoms with Crippen LogP contribution in [0.1, 0.15) is 57.4 Å². The Kier molecular flexibility index (Phi) is 4.00. The minimum absolute atomic E-state index is 0.0818. The quantitative estimate of drug-likeness (QED) is 0.836. The number of ketones is 1. The summed E-state index contributed by atoms with van der Waals surface area (Å²) in [5.41, 5.74) is 1.42. The van der Waals surface area contributed by atoms with Crippen molar-refractivity contribution in [1.82, 2.24) is 9.88 Å². The smallest absolute Gasteiger partial charge is 0.136 e. The number of carbonyl (C=O) groups is 1. The Hall–Kier alpha value is -1.22. The maximum atomic E-state index is 12.3. The third-order valence-corrected chi connectivity index (χ3v) is 6.63. The van der Waals surface area contributed by atoms with Crippen molar-refractivity contribution in [2.45, 2.75) is 69.9 Å². The first-order chi connectivity index (χ1) is 11.2. The largest absolute Gasteiger partial charge is 0.300 e. The molecule has 3 nitrogen and oxygen atoms in total. The van der Waals surface area contributed by atoms with Gasteiger partial charge in [-0.3, -0.25) is 14.7 Å². The van der Waals surface area contributed by atoms with Gasteiger partial charge >= 0.3 is 0 Å². The van der Waals surface area contributed by atoms with Gasteiger partial charge in [0, 0.05) is 43.4 Å². The Morgan fingerprint density at radius 1 is 1.26 bits per heavy atom. The number of carbonyl (C=O) groups excluding carboxylic acids is 1. The Balaban J connectivity index is 1.63. The SMILES string of the molecule is CC1CCC2C(CCC3(Cc4ccncc4)CC(=O)CCN23)C1. The molecule has 4 atom stereocenters. The summed E-state index contributed by atoms with van der Waals surface area (Å²) in [6.45, 7) is 3.40. The molecule has 1 aromatic rings. The standard InChI is InChI=1S/C20H28N2O/c1-15-2-3-19-17(12-15)4-8-20(13-16-5-9-21-10-6-16)14-18(23)7-11-22(19)20/h5-6,9-10,15,17,19H,2-4,7-8,11-14H2,1H3. The molecule has 0 N–H and O–H groups in total. The highest BCUT2D eigenvalue weighted by Gasteiger charge is 2.50. The zero-order valence-corrected chi connectivity index (χ0v) is 14.2. The van der Waals surface area contributed by atoms with Crippen molar-refractivity contribution >= 4 is 5.78 Å². The topological polar surface area (TPSA) is 33.2 Å². The Bertz CT molecular complexity index is 572. The first kappa shape index (κ1) is 15.3. The van der Waals surface area contributed by atoms with E-state index in [1.807, 2.05) is 12.4 Å². The fourth-order valence-corrected chi connectivity index (χ4v) is 5.58. The zero-order chi connectivity index (χ0) is 15.9. The molecule has 3 fully saturated rings. The Morgan fingerprint density at radius 3 is 2.91 bits per heavy atom. The summed E-state index contributed by atoms with van der Waals surface area (Å²) >= 11 is 0. The maximum Gasteiger partial charge on any atom is 0.136 e. The first-order valence-corrected chi connectivity index (χ1v) is 9.34. The molecule has 1 aliphatic carbocycles. The van der Waals surface area contributed by atoms with E-state index in [1.54, 1.807) is 0 Å². The van der Waals surface area contributed by atoms with Crippen LogP contribution in [0.3, 0.4) is 0 Å². The Labute approximate surface area is 139 Å². The van der Waals surface area contributed by atoms with Gasteiger partial charge in [0.15, 0.2) is 0 Å². The van der Waals surface area contributed by atoms with Crippen LogP contribution >= 0.6 is 0 Å². The predicted octanol–water partition coefficient (Wildman–Crippen LogP) is 3.63. The number of fused-ring (bicyclic) bond motifs is 3. The van der Waals surface area contributed by atoms with Crippen LogP contribution in [0.5, 0.6) is 0 Å². The van der Waals surface area contributed by atoms with E-state index in [2.05, 4.69) is 28.9 Å². The summed E-state index contributed by atoms with van der Waals surface area (Å²) in [6, 6.07) is 4.97. The van der Waals surface area contributed by atoms with Crippen LogP contribution in [0.25, 0.3) is 0 Å². The second-order valence-corrected chi connectivity index (χ2v) is 8.20. The fourth-order valence-electron chi connectivity index (χ4n) is 5.58. The molecule has 0 aromatic carbocycles. The van der Waals surface area contributed by atoms with E-state index in [9.17, 15) is 4.79 Å². The molecule has 23 heavy (non-hydrogen) atoms. The molecule has 1 saturated carbocycles. The van der Waals surface area contributed by atoms with Crippen molar-refractivity contribution in [1.29, 1.82) is 0 Å². The molecule has 3 heterocycles. The van der Waals surface area contributed by atoms with E-state index in [-0.39, 0.29) is 5.54 Å². The van der Waals surface area contributed by atoms with Gasteiger partial charge in [-0.05, 0) is 68.1 Å². The number of hydrogen-bond acceptors (Lipinski definition) is 3. The van der Waals surface area contributed by atoms with Crippen LogP contribution in [0.4, 0.5) is 0 Å². The molecule has 2 saturated heterocycles. The summed E-state index contributed by atoms with van der Waals surface area (Å²) in [4.78, 5) is 19.2. The van der Waals surface area contributed by atoms with Crippen LogP contribution in [0, 0.1) is 11.8 Å². The van der Waals surface area contributed by atoms with Gasteiger partial charge in [-0.2, -0.15) is 0 Å². The fraction of sp³-hybridized carbons (Fsp3) is 0.700. The zero-order valence-electron chi connectivity index (χ0n) is 14.2. The lowest BCUT2D eigenvalue weighted by Gasteiger charge is -2.58. The van der Waals surface area contributed by atoms with Gasteiger partial charge in [-0.25, -0.2) is 0 Å². The molecule has 124 valence electrons. The molecular formula is C20H28N2O. The summed E-state index contributed by atoms with van der Waals surface area (Å²) in [5.74, 6) is 2.21. The van der Waals surface area contributed by atoms with E-state index in [4.69, 9.17) is 0 Å². The lowest BCUT2D eigenvalue weighted by molar-refractivity contribution is -0.135. The first-order valence-electron chi connectivity index (χ1n) is 9.34. The Morgan fingerprint density at radius 2 is 2.09 bits per heavy atom. The number of pyridine rings is 1. The summed E-state index contributed by atoms with van der Waals surface area (Å²) in [7, 11) is 0. The molecule has 4 unspecified atom stereocenters. The van der Waals surface area contributed by atoms with Crippen molar-refractivity contribution in [2.24, 2.45) is 11.8 Å². The molecule has 3 aliphatic rings. The summed E-state index contributed by atoms with van der Waals surface area (Å²) in [6.07, 6.45) is 12.9. The summed E-state index contributed by atoms with van der Waals surface area (Å²) in [5, 5.41) is 0. The van der Waals surface area contributed by atoms with Crippen LogP contribution in [-0.4, -0.2) is 33.8 Å². The molecule has 0 bridgehead atoms. The third kappa shape index (κ3) is 2.84. The van der Waals surface area contributed by atoms with E-state index < -0.39 is 0 Å². The molecule has 0 amide bonds. The minimum Gasteiger partial charge on any atom is -0.300 e. The second-order valence-electron chi connectivity index (χ2n) is 8.20. The maximum absolute atomic E-state index is 12.3. The normalized spacial score (nSPS) is 38.0. The molecule has 0 radical (unpaired) electrons. The third-order valence-electron chi connectivity index (χ3n) is 6.63. The molecule has 3 heteroatoms. The minimum atomic E-state index is 0.0818. The van der Waals surface area contributed by atoms with E-state index in [0.29, 0.717) is 5.78 Å². The molecular weight excluding hydrogens is 284 g/mol. The van der Waals surface area contributed by atoms with Gasteiger partial charge < -0.3 is 0 Å². The van der Waals surface area contributed by atoms with Crippen molar-refractivity contribution in [3.05, 3.63) is 30.1 Å². The van der Waals surface area contributed by atoms with E-state index in [1.165, 1.54) is 37.7 Å². The molecule has 2 aliphatic heterocycles. The van der Waals surface area contributed by atoms with E-state index in [0.717, 1.165) is 43.7 Å². The van der Waals surface area contributed by atoms with Crippen LogP contribution in [-0.2, 0) is 11.2 Å². The van der Waals surface area contributed by atoms with Crippen molar-refractivity contribution in [3.8, 4) is 0 Å². The van der Waals surface area contributed by atoms with Crippen molar-refractivity contribution in [2.75, 3.05) is 6.54 Å². The lowest BCUT2D eigenvalue weighted by Crippen LogP contribution is -2.64. The van der Waals surface area contributed by atoms with Crippen LogP contribution < -0.4 is 0 Å². The monoisotopic (exact) mass is 312 g/mol. The molecule has 4 rings (SSSR count). The second kappa shape index (κ2) is 6.01. The van der Waals surface area contributed by atoms with Crippen molar-refractivity contribution in [3.63, 3.8) is 0 Å². The highest BCUT2D eigenvalue weighted by Crippen LogP contribution is 2.48. The number of rotatable bonds is 2. The van der Waals surface area contributed by atoms with Crippen molar-refractivity contribution < 1.29 is 4.79 Å². The number of Topliss-reactive ketones (excluding diaryl/α,β-unsaturated/α-hetero) is 1. The number of nitrogens with zero attached hydrogens (tertiary/aromatic N) is 2. The highest BCUT2D eigenvalue weighted by molar-refractivity contribution is 5.81. The number of hydrogen-bond donors (Lipinski definition) is 0. The average Bonchev–Trinajstić information content (AvgIpc) is 2.55. The van der Waals surface area contributed by atoms with Gasteiger partial charge in [0.25, 0.3) is 0 Å². The highest BCUT2D eigenvalue weighted by atomic mass is 16.1. The summed E-state index contributed by atoms with van der Waals surface area (Å²) < 4.78 is 0. The van der Waals surface area contributed by atoms with Gasteiger partial charge in [-0.1, -0.05) is 6.92 Å². The number of piperidine rings is 2. The molecule has 0 spiro atoms. The predicted molar refractivity (Wildman–Crippen MR) is 91.1 cm³/mol. The number of aromatic nitrogens is 1. The molecule has 1 aromatic heterocycles.